The smallest absolute Gasteiger partial charge is 0.239 e. The van der Waals surface area contributed by atoms with Crippen LogP contribution in [-0.2, 0) is 4.79 Å². The second-order valence-corrected chi connectivity index (χ2v) is 3.57. The van der Waals surface area contributed by atoms with E-state index in [1.807, 2.05) is 0 Å². The molecule has 4 nitrogen and oxygen atoms in total. The van der Waals surface area contributed by atoms with Crippen LogP contribution in [0.4, 0.5) is 10.1 Å². The maximum Gasteiger partial charge on any atom is 0.239 e. The van der Waals surface area contributed by atoms with E-state index >= 15 is 0 Å². The number of carbonyl (C=O) groups excluding carboxylic acids is 1. The number of nitrogens with one attached hydrogen (secondary N) is 1. The van der Waals surface area contributed by atoms with Crippen molar-refractivity contribution < 1.29 is 9.18 Å². The third-order valence-electron chi connectivity index (χ3n) is 2.10. The lowest BCUT2D eigenvalue weighted by molar-refractivity contribution is -0.113. The molecule has 1 amide bonds. The molecule has 0 aliphatic carbocycles. The number of halogens is 2. The van der Waals surface area contributed by atoms with Gasteiger partial charge in [0.15, 0.2) is 5.82 Å². The zero-order valence-electron chi connectivity index (χ0n) is 8.73. The second-order valence-electron chi connectivity index (χ2n) is 3.30. The molecule has 1 heterocycles. The minimum Gasteiger partial charge on any atom is -0.325 e. The van der Waals surface area contributed by atoms with Crippen LogP contribution < -0.4 is 5.32 Å². The number of benzene rings is 1. The Morgan fingerprint density at radius 3 is 2.94 bits per heavy atom. The topological polar surface area (TPSA) is 46.9 Å². The average Bonchev–Trinajstić information content (AvgIpc) is 2.82. The zero-order chi connectivity index (χ0) is 12.3. The number of rotatable bonds is 3. The summed E-state index contributed by atoms with van der Waals surface area (Å²) in [6, 6.07) is 6.04. The van der Waals surface area contributed by atoms with Gasteiger partial charge in [-0.25, -0.2) is 9.07 Å². The van der Waals surface area contributed by atoms with E-state index in [0.29, 0.717) is 11.4 Å². The van der Waals surface area contributed by atoms with Crippen LogP contribution in [0.25, 0.3) is 5.69 Å². The first-order valence-corrected chi connectivity index (χ1v) is 5.39. The molecule has 0 bridgehead atoms. The van der Waals surface area contributed by atoms with Gasteiger partial charge in [0, 0.05) is 18.1 Å². The van der Waals surface area contributed by atoms with Gasteiger partial charge in [-0.1, -0.05) is 0 Å². The largest absolute Gasteiger partial charge is 0.325 e. The van der Waals surface area contributed by atoms with Crippen molar-refractivity contribution in [3.8, 4) is 5.69 Å². The molecule has 2 aromatic rings. The number of hydrogen-bond donors (Lipinski definition) is 1. The monoisotopic (exact) mass is 253 g/mol. The van der Waals surface area contributed by atoms with Crippen LogP contribution >= 0.6 is 11.6 Å². The molecule has 1 aromatic carbocycles. The summed E-state index contributed by atoms with van der Waals surface area (Å²) in [5.41, 5.74) is 0.683. The van der Waals surface area contributed by atoms with E-state index < -0.39 is 5.82 Å². The van der Waals surface area contributed by atoms with E-state index in [9.17, 15) is 9.18 Å². The van der Waals surface area contributed by atoms with Crippen molar-refractivity contribution in [3.05, 3.63) is 42.5 Å². The highest BCUT2D eigenvalue weighted by atomic mass is 35.5. The number of carbonyl (C=O) groups is 1. The van der Waals surface area contributed by atoms with Gasteiger partial charge < -0.3 is 5.32 Å². The fourth-order valence-corrected chi connectivity index (χ4v) is 1.44. The molecule has 0 fully saturated rings. The summed E-state index contributed by atoms with van der Waals surface area (Å²) in [7, 11) is 0. The summed E-state index contributed by atoms with van der Waals surface area (Å²) in [5.74, 6) is -1.01. The van der Waals surface area contributed by atoms with Gasteiger partial charge in [0.2, 0.25) is 5.91 Å². The number of alkyl halides is 1. The summed E-state index contributed by atoms with van der Waals surface area (Å²) in [5, 5.41) is 6.39. The van der Waals surface area contributed by atoms with Gasteiger partial charge in [0.1, 0.15) is 11.6 Å². The molecule has 0 spiro atoms. The molecule has 0 atom stereocenters. The maximum absolute atomic E-state index is 13.7. The van der Waals surface area contributed by atoms with Crippen molar-refractivity contribution in [2.45, 2.75) is 0 Å². The van der Waals surface area contributed by atoms with E-state index in [1.54, 1.807) is 24.5 Å². The first-order valence-electron chi connectivity index (χ1n) is 4.86. The Morgan fingerprint density at radius 1 is 1.53 bits per heavy atom. The SMILES string of the molecule is O=C(CCl)Nc1ccc(-n2cccn2)c(F)c1. The van der Waals surface area contributed by atoms with Crippen molar-refractivity contribution in [3.63, 3.8) is 0 Å². The highest BCUT2D eigenvalue weighted by molar-refractivity contribution is 6.29. The first-order chi connectivity index (χ1) is 8.20. The summed E-state index contributed by atoms with van der Waals surface area (Å²) in [6.07, 6.45) is 3.19. The fourth-order valence-electron chi connectivity index (χ4n) is 1.38. The van der Waals surface area contributed by atoms with Crippen molar-refractivity contribution in [2.24, 2.45) is 0 Å². The minimum absolute atomic E-state index is 0.164. The molecule has 0 unspecified atom stereocenters. The zero-order valence-corrected chi connectivity index (χ0v) is 9.49. The van der Waals surface area contributed by atoms with Crippen LogP contribution in [0.2, 0.25) is 0 Å². The fraction of sp³-hybridized carbons (Fsp3) is 0.0909. The van der Waals surface area contributed by atoms with E-state index in [0.717, 1.165) is 0 Å². The third kappa shape index (κ3) is 2.62. The van der Waals surface area contributed by atoms with Crippen LogP contribution in [-0.4, -0.2) is 21.6 Å². The van der Waals surface area contributed by atoms with E-state index in [-0.39, 0.29) is 11.8 Å². The lowest BCUT2D eigenvalue weighted by Crippen LogP contribution is -2.13. The van der Waals surface area contributed by atoms with Gasteiger partial charge in [-0.2, -0.15) is 5.10 Å². The van der Waals surface area contributed by atoms with Crippen molar-refractivity contribution >= 4 is 23.2 Å². The average molecular weight is 254 g/mol. The molecule has 17 heavy (non-hydrogen) atoms. The van der Waals surface area contributed by atoms with Gasteiger partial charge in [0.05, 0.1) is 0 Å². The number of aromatic nitrogens is 2. The molecule has 0 aliphatic rings. The summed E-state index contributed by atoms with van der Waals surface area (Å²) < 4.78 is 15.1. The van der Waals surface area contributed by atoms with Gasteiger partial charge in [-0.05, 0) is 24.3 Å². The molecular weight excluding hydrogens is 245 g/mol. The van der Waals surface area contributed by atoms with Gasteiger partial charge >= 0.3 is 0 Å². The van der Waals surface area contributed by atoms with Crippen LogP contribution in [0, 0.1) is 5.82 Å². The van der Waals surface area contributed by atoms with E-state index in [1.165, 1.54) is 16.8 Å². The molecule has 0 saturated heterocycles. The van der Waals surface area contributed by atoms with Crippen LogP contribution in [0.15, 0.2) is 36.7 Å². The summed E-state index contributed by atoms with van der Waals surface area (Å²) in [6.45, 7) is 0. The van der Waals surface area contributed by atoms with Gasteiger partial charge in [-0.3, -0.25) is 4.79 Å². The predicted molar refractivity (Wildman–Crippen MR) is 62.9 cm³/mol. The van der Waals surface area contributed by atoms with Crippen molar-refractivity contribution in [1.82, 2.24) is 9.78 Å². The Balaban J connectivity index is 2.26. The summed E-state index contributed by atoms with van der Waals surface area (Å²) >= 11 is 5.33. The van der Waals surface area contributed by atoms with Crippen LogP contribution in [0.3, 0.4) is 0 Å². The van der Waals surface area contributed by atoms with E-state index in [4.69, 9.17) is 11.6 Å². The molecule has 6 heteroatoms. The minimum atomic E-state index is -0.471. The maximum atomic E-state index is 13.7. The Labute approximate surface area is 102 Å². The molecule has 0 saturated carbocycles. The number of nitrogens with zero attached hydrogens (tertiary/aromatic N) is 2. The normalized spacial score (nSPS) is 10.2. The first kappa shape index (κ1) is 11.6. The highest BCUT2D eigenvalue weighted by Crippen LogP contribution is 2.17. The molecule has 88 valence electrons. The van der Waals surface area contributed by atoms with Crippen molar-refractivity contribution in [1.29, 1.82) is 0 Å². The summed E-state index contributed by atoms with van der Waals surface area (Å²) in [4.78, 5) is 11.0. The third-order valence-corrected chi connectivity index (χ3v) is 2.35. The molecule has 1 aromatic heterocycles. The Kier molecular flexibility index (Phi) is 3.39. The van der Waals surface area contributed by atoms with Crippen LogP contribution in [0.1, 0.15) is 0 Å². The van der Waals surface area contributed by atoms with Gasteiger partial charge in [-0.15, -0.1) is 11.6 Å². The molecule has 0 aliphatic heterocycles. The predicted octanol–water partition coefficient (Wildman–Crippen LogP) is 2.19. The van der Waals surface area contributed by atoms with Gasteiger partial charge in [0.25, 0.3) is 0 Å². The Bertz CT molecular complexity index is 528. The molecule has 2 rings (SSSR count). The molecule has 1 N–H and O–H groups in total. The lowest BCUT2D eigenvalue weighted by atomic mass is 10.2. The standard InChI is InChI=1S/C11H9ClFN3O/c12-7-11(17)15-8-2-3-10(9(13)6-8)16-5-1-4-14-16/h1-6H,7H2,(H,15,17). The van der Waals surface area contributed by atoms with Crippen LogP contribution in [0.5, 0.6) is 0 Å². The number of amides is 1. The number of hydrogen-bond acceptors (Lipinski definition) is 2. The Morgan fingerprint density at radius 2 is 2.35 bits per heavy atom. The number of anilines is 1. The second kappa shape index (κ2) is 4.97. The highest BCUT2D eigenvalue weighted by Gasteiger charge is 2.07. The Hall–Kier alpha value is -1.88. The van der Waals surface area contributed by atoms with E-state index in [2.05, 4.69) is 10.4 Å². The lowest BCUT2D eigenvalue weighted by Gasteiger charge is -2.06. The molecule has 0 radical (unpaired) electrons. The molecular formula is C11H9ClFN3O. The quantitative estimate of drug-likeness (QED) is 0.853. The van der Waals surface area contributed by atoms with Crippen molar-refractivity contribution in [2.75, 3.05) is 11.2 Å².